The smallest absolute Gasteiger partial charge is 0.153 e. The van der Waals surface area contributed by atoms with Gasteiger partial charge in [-0.15, -0.1) is 0 Å². The van der Waals surface area contributed by atoms with Crippen LogP contribution in [0.2, 0.25) is 5.15 Å². The molecule has 3 nitrogen and oxygen atoms in total. The number of pyridine rings is 1. The van der Waals surface area contributed by atoms with Gasteiger partial charge < -0.3 is 11.1 Å². The molecule has 0 aromatic carbocycles. The Morgan fingerprint density at radius 2 is 2.07 bits per heavy atom. The zero-order chi connectivity index (χ0) is 10.7. The van der Waals surface area contributed by atoms with Gasteiger partial charge in [0, 0.05) is 12.2 Å². The van der Waals surface area contributed by atoms with Gasteiger partial charge in [-0.05, 0) is 18.9 Å². The highest BCUT2D eigenvalue weighted by Gasteiger charge is 2.14. The fourth-order valence-electron chi connectivity index (χ4n) is 2.04. The van der Waals surface area contributed by atoms with Gasteiger partial charge in [0.2, 0.25) is 0 Å². The Morgan fingerprint density at radius 3 is 2.80 bits per heavy atom. The molecule has 0 atom stereocenters. The Kier molecular flexibility index (Phi) is 3.31. The maximum Gasteiger partial charge on any atom is 0.153 e. The van der Waals surface area contributed by atoms with Crippen molar-refractivity contribution in [1.82, 2.24) is 4.98 Å². The summed E-state index contributed by atoms with van der Waals surface area (Å²) in [7, 11) is 0. The molecule has 1 fully saturated rings. The van der Waals surface area contributed by atoms with Crippen LogP contribution in [0.15, 0.2) is 12.3 Å². The Balaban J connectivity index is 2.06. The first-order valence-corrected chi connectivity index (χ1v) is 5.81. The van der Waals surface area contributed by atoms with Gasteiger partial charge in [-0.25, -0.2) is 4.98 Å². The van der Waals surface area contributed by atoms with Crippen LogP contribution in [0.1, 0.15) is 32.1 Å². The van der Waals surface area contributed by atoms with E-state index < -0.39 is 0 Å². The molecular formula is C11H16ClN3. The molecule has 0 amide bonds. The van der Waals surface area contributed by atoms with Gasteiger partial charge in [0.15, 0.2) is 5.15 Å². The zero-order valence-electron chi connectivity index (χ0n) is 8.67. The first-order chi connectivity index (χ1) is 7.27. The summed E-state index contributed by atoms with van der Waals surface area (Å²) < 4.78 is 0. The van der Waals surface area contributed by atoms with E-state index in [1.165, 1.54) is 32.1 Å². The molecule has 82 valence electrons. The maximum absolute atomic E-state index is 5.86. The molecule has 0 bridgehead atoms. The highest BCUT2D eigenvalue weighted by molar-refractivity contribution is 6.32. The molecule has 1 heterocycles. The molecule has 0 saturated heterocycles. The van der Waals surface area contributed by atoms with Crippen LogP contribution < -0.4 is 11.1 Å². The SMILES string of the molecule is Nc1c(NC2CCCCC2)ccnc1Cl. The lowest BCUT2D eigenvalue weighted by Gasteiger charge is -2.24. The number of aromatic nitrogens is 1. The van der Waals surface area contributed by atoms with E-state index in [4.69, 9.17) is 17.3 Å². The van der Waals surface area contributed by atoms with Crippen LogP contribution in [0, 0.1) is 0 Å². The average molecular weight is 226 g/mol. The molecule has 0 radical (unpaired) electrons. The second-order valence-corrected chi connectivity index (χ2v) is 4.40. The summed E-state index contributed by atoms with van der Waals surface area (Å²) in [5.41, 5.74) is 7.32. The van der Waals surface area contributed by atoms with Crippen molar-refractivity contribution in [1.29, 1.82) is 0 Å². The van der Waals surface area contributed by atoms with Crippen molar-refractivity contribution < 1.29 is 0 Å². The second-order valence-electron chi connectivity index (χ2n) is 4.04. The van der Waals surface area contributed by atoms with Gasteiger partial charge in [-0.1, -0.05) is 30.9 Å². The minimum atomic E-state index is 0.385. The Bertz CT molecular complexity index is 335. The standard InChI is InChI=1S/C11H16ClN3/c12-11-10(13)9(6-7-14-11)15-8-4-2-1-3-5-8/h6-8H,1-5,13H2,(H,14,15). The van der Waals surface area contributed by atoms with E-state index in [0.29, 0.717) is 16.9 Å². The Labute approximate surface area is 95.0 Å². The summed E-state index contributed by atoms with van der Waals surface area (Å²) in [6.45, 7) is 0. The minimum absolute atomic E-state index is 0.385. The summed E-state index contributed by atoms with van der Waals surface area (Å²) >= 11 is 5.86. The zero-order valence-corrected chi connectivity index (χ0v) is 9.43. The molecule has 2 rings (SSSR count). The van der Waals surface area contributed by atoms with Gasteiger partial charge in [-0.2, -0.15) is 0 Å². The number of hydrogen-bond acceptors (Lipinski definition) is 3. The first-order valence-electron chi connectivity index (χ1n) is 5.44. The van der Waals surface area contributed by atoms with Gasteiger partial charge in [0.05, 0.1) is 11.4 Å². The molecular weight excluding hydrogens is 210 g/mol. The van der Waals surface area contributed by atoms with E-state index in [9.17, 15) is 0 Å². The Morgan fingerprint density at radius 1 is 1.33 bits per heavy atom. The number of nitrogens with zero attached hydrogens (tertiary/aromatic N) is 1. The monoisotopic (exact) mass is 225 g/mol. The van der Waals surface area contributed by atoms with Crippen molar-refractivity contribution in [3.63, 3.8) is 0 Å². The topological polar surface area (TPSA) is 50.9 Å². The van der Waals surface area contributed by atoms with E-state index in [-0.39, 0.29) is 0 Å². The molecule has 1 aliphatic carbocycles. The predicted octanol–water partition coefficient (Wildman–Crippen LogP) is 3.06. The van der Waals surface area contributed by atoms with Gasteiger partial charge in [0.1, 0.15) is 0 Å². The third kappa shape index (κ3) is 2.53. The van der Waals surface area contributed by atoms with Crippen LogP contribution in [0.4, 0.5) is 11.4 Å². The predicted molar refractivity (Wildman–Crippen MR) is 64.2 cm³/mol. The van der Waals surface area contributed by atoms with E-state index in [1.54, 1.807) is 6.20 Å². The third-order valence-electron chi connectivity index (χ3n) is 2.91. The number of rotatable bonds is 2. The summed E-state index contributed by atoms with van der Waals surface area (Å²) in [6.07, 6.45) is 8.08. The van der Waals surface area contributed by atoms with Crippen LogP contribution in [-0.2, 0) is 0 Å². The average Bonchev–Trinajstić information content (AvgIpc) is 2.26. The van der Waals surface area contributed by atoms with Gasteiger partial charge >= 0.3 is 0 Å². The van der Waals surface area contributed by atoms with E-state index in [1.807, 2.05) is 6.07 Å². The molecule has 0 aliphatic heterocycles. The highest BCUT2D eigenvalue weighted by Crippen LogP contribution is 2.28. The van der Waals surface area contributed by atoms with Crippen molar-refractivity contribution in [3.05, 3.63) is 17.4 Å². The van der Waals surface area contributed by atoms with Crippen molar-refractivity contribution in [2.45, 2.75) is 38.1 Å². The molecule has 1 saturated carbocycles. The number of nitrogens with one attached hydrogen (secondary N) is 1. The van der Waals surface area contributed by atoms with Crippen molar-refractivity contribution >= 4 is 23.0 Å². The van der Waals surface area contributed by atoms with E-state index >= 15 is 0 Å². The molecule has 1 aromatic heterocycles. The lowest BCUT2D eigenvalue weighted by Crippen LogP contribution is -2.22. The molecule has 15 heavy (non-hydrogen) atoms. The van der Waals surface area contributed by atoms with Gasteiger partial charge in [0.25, 0.3) is 0 Å². The van der Waals surface area contributed by atoms with Gasteiger partial charge in [-0.3, -0.25) is 0 Å². The molecule has 0 unspecified atom stereocenters. The lowest BCUT2D eigenvalue weighted by atomic mass is 9.95. The van der Waals surface area contributed by atoms with Crippen molar-refractivity contribution in [2.75, 3.05) is 11.1 Å². The summed E-state index contributed by atoms with van der Waals surface area (Å²) in [5, 5.41) is 3.83. The van der Waals surface area contributed by atoms with Crippen LogP contribution in [-0.4, -0.2) is 11.0 Å². The first kappa shape index (κ1) is 10.6. The molecule has 1 aliphatic rings. The molecule has 0 spiro atoms. The number of nitrogens with two attached hydrogens (primary N) is 1. The summed E-state index contributed by atoms with van der Waals surface area (Å²) in [4.78, 5) is 3.93. The Hall–Kier alpha value is -0.960. The molecule has 4 heteroatoms. The van der Waals surface area contributed by atoms with Crippen molar-refractivity contribution in [3.8, 4) is 0 Å². The van der Waals surface area contributed by atoms with Crippen molar-refractivity contribution in [2.24, 2.45) is 0 Å². The largest absolute Gasteiger partial charge is 0.395 e. The van der Waals surface area contributed by atoms with Crippen LogP contribution in [0.5, 0.6) is 0 Å². The minimum Gasteiger partial charge on any atom is -0.395 e. The number of hydrogen-bond donors (Lipinski definition) is 2. The summed E-state index contributed by atoms with van der Waals surface area (Å²) in [5.74, 6) is 0. The molecule has 1 aromatic rings. The fraction of sp³-hybridized carbons (Fsp3) is 0.545. The second kappa shape index (κ2) is 4.71. The lowest BCUT2D eigenvalue weighted by molar-refractivity contribution is 0.463. The van der Waals surface area contributed by atoms with Crippen LogP contribution >= 0.6 is 11.6 Å². The highest BCUT2D eigenvalue weighted by atomic mass is 35.5. The molecule has 3 N–H and O–H groups in total. The fourth-order valence-corrected chi connectivity index (χ4v) is 2.20. The third-order valence-corrected chi connectivity index (χ3v) is 3.21. The van der Waals surface area contributed by atoms with Crippen LogP contribution in [0.25, 0.3) is 0 Å². The normalized spacial score (nSPS) is 17.7. The maximum atomic E-state index is 5.86. The number of anilines is 2. The number of nitrogen functional groups attached to an aromatic ring is 1. The van der Waals surface area contributed by atoms with E-state index in [0.717, 1.165) is 5.69 Å². The van der Waals surface area contributed by atoms with E-state index in [2.05, 4.69) is 10.3 Å². The quantitative estimate of drug-likeness (QED) is 0.761. The summed E-state index contributed by atoms with van der Waals surface area (Å²) in [6, 6.07) is 2.43. The van der Waals surface area contributed by atoms with Crippen LogP contribution in [0.3, 0.4) is 0 Å². The number of halogens is 1.